The van der Waals surface area contributed by atoms with Crippen LogP contribution in [0, 0.1) is 11.3 Å². The standard InChI is InChI=1S/C14H12N6S/c1-20-14(17-18-19-20)10-3-2-4-11(7-10)16-9-13-6-5-12(8-15)21-13/h2-7,16H,9H2,1H3. The van der Waals surface area contributed by atoms with Gasteiger partial charge in [0.1, 0.15) is 10.9 Å². The Hall–Kier alpha value is -2.72. The zero-order valence-electron chi connectivity index (χ0n) is 11.3. The number of anilines is 1. The summed E-state index contributed by atoms with van der Waals surface area (Å²) in [6.45, 7) is 0.687. The summed E-state index contributed by atoms with van der Waals surface area (Å²) in [6.07, 6.45) is 0. The molecule has 0 unspecified atom stereocenters. The van der Waals surface area contributed by atoms with Gasteiger partial charge in [0.05, 0.1) is 0 Å². The predicted octanol–water partition coefficient (Wildman–Crippen LogP) is 2.42. The zero-order chi connectivity index (χ0) is 14.7. The summed E-state index contributed by atoms with van der Waals surface area (Å²) >= 11 is 1.50. The van der Waals surface area contributed by atoms with Crippen LogP contribution in [-0.2, 0) is 13.6 Å². The molecule has 3 rings (SSSR count). The number of rotatable bonds is 4. The van der Waals surface area contributed by atoms with Crippen molar-refractivity contribution in [2.24, 2.45) is 7.05 Å². The highest BCUT2D eigenvalue weighted by Crippen LogP contribution is 2.21. The SMILES string of the molecule is Cn1nnnc1-c1cccc(NCc2ccc(C#N)s2)c1. The van der Waals surface area contributed by atoms with Gasteiger partial charge in [-0.05, 0) is 34.7 Å². The van der Waals surface area contributed by atoms with Crippen LogP contribution < -0.4 is 5.32 Å². The largest absolute Gasteiger partial charge is 0.380 e. The third-order valence-corrected chi connectivity index (χ3v) is 3.97. The highest BCUT2D eigenvalue weighted by atomic mass is 32.1. The molecular weight excluding hydrogens is 284 g/mol. The summed E-state index contributed by atoms with van der Waals surface area (Å²) in [6, 6.07) is 13.9. The van der Waals surface area contributed by atoms with Crippen molar-refractivity contribution in [2.75, 3.05) is 5.32 Å². The van der Waals surface area contributed by atoms with Crippen LogP contribution in [0.3, 0.4) is 0 Å². The van der Waals surface area contributed by atoms with Crippen molar-refractivity contribution in [3.05, 3.63) is 46.2 Å². The van der Waals surface area contributed by atoms with Gasteiger partial charge >= 0.3 is 0 Å². The van der Waals surface area contributed by atoms with Crippen molar-refractivity contribution in [3.63, 3.8) is 0 Å². The second kappa shape index (κ2) is 5.73. The molecule has 0 radical (unpaired) electrons. The molecule has 3 aromatic rings. The second-order valence-electron chi connectivity index (χ2n) is 4.44. The van der Waals surface area contributed by atoms with Crippen LogP contribution in [0.25, 0.3) is 11.4 Å². The van der Waals surface area contributed by atoms with Gasteiger partial charge in [0.15, 0.2) is 5.82 Å². The summed E-state index contributed by atoms with van der Waals surface area (Å²) in [5.41, 5.74) is 1.94. The van der Waals surface area contributed by atoms with E-state index in [9.17, 15) is 0 Å². The highest BCUT2D eigenvalue weighted by Gasteiger charge is 2.06. The highest BCUT2D eigenvalue weighted by molar-refractivity contribution is 7.12. The fraction of sp³-hybridized carbons (Fsp3) is 0.143. The number of hydrogen-bond donors (Lipinski definition) is 1. The number of hydrogen-bond acceptors (Lipinski definition) is 6. The van der Waals surface area contributed by atoms with E-state index in [-0.39, 0.29) is 0 Å². The Morgan fingerprint density at radius 1 is 1.33 bits per heavy atom. The Morgan fingerprint density at radius 3 is 2.95 bits per heavy atom. The molecule has 1 N–H and O–H groups in total. The van der Waals surface area contributed by atoms with E-state index in [1.54, 1.807) is 4.68 Å². The van der Waals surface area contributed by atoms with Crippen molar-refractivity contribution >= 4 is 17.0 Å². The van der Waals surface area contributed by atoms with E-state index in [1.807, 2.05) is 43.4 Å². The quantitative estimate of drug-likeness (QED) is 0.800. The molecule has 0 fully saturated rings. The Bertz CT molecular complexity index is 798. The number of nitriles is 1. The molecule has 6 nitrogen and oxygen atoms in total. The van der Waals surface area contributed by atoms with E-state index in [0.717, 1.165) is 26.8 Å². The minimum atomic E-state index is 0.687. The molecule has 0 aliphatic rings. The van der Waals surface area contributed by atoms with E-state index >= 15 is 0 Å². The molecule has 0 atom stereocenters. The summed E-state index contributed by atoms with van der Waals surface area (Å²) in [5, 5.41) is 23.6. The van der Waals surface area contributed by atoms with Crippen LogP contribution in [0.15, 0.2) is 36.4 Å². The summed E-state index contributed by atoms with van der Waals surface area (Å²) < 4.78 is 1.64. The molecule has 0 aliphatic carbocycles. The fourth-order valence-electron chi connectivity index (χ4n) is 1.96. The van der Waals surface area contributed by atoms with E-state index in [4.69, 9.17) is 5.26 Å². The van der Waals surface area contributed by atoms with Gasteiger partial charge < -0.3 is 5.32 Å². The van der Waals surface area contributed by atoms with Gasteiger partial charge in [0, 0.05) is 29.7 Å². The molecule has 21 heavy (non-hydrogen) atoms. The molecule has 0 saturated heterocycles. The van der Waals surface area contributed by atoms with Crippen molar-refractivity contribution in [1.29, 1.82) is 5.26 Å². The monoisotopic (exact) mass is 296 g/mol. The summed E-state index contributed by atoms with van der Waals surface area (Å²) in [4.78, 5) is 1.85. The first kappa shape index (κ1) is 13.3. The molecular formula is C14H12N6S. The van der Waals surface area contributed by atoms with Gasteiger partial charge in [0.25, 0.3) is 0 Å². The Morgan fingerprint density at radius 2 is 2.24 bits per heavy atom. The van der Waals surface area contributed by atoms with Crippen molar-refractivity contribution < 1.29 is 0 Å². The van der Waals surface area contributed by atoms with Gasteiger partial charge in [0.2, 0.25) is 0 Å². The Kier molecular flexibility index (Phi) is 3.62. The van der Waals surface area contributed by atoms with E-state index in [1.165, 1.54) is 11.3 Å². The van der Waals surface area contributed by atoms with Crippen LogP contribution in [0.4, 0.5) is 5.69 Å². The summed E-state index contributed by atoms with van der Waals surface area (Å²) in [5.74, 6) is 0.724. The topological polar surface area (TPSA) is 79.4 Å². The van der Waals surface area contributed by atoms with Crippen molar-refractivity contribution in [1.82, 2.24) is 20.2 Å². The maximum Gasteiger partial charge on any atom is 0.181 e. The van der Waals surface area contributed by atoms with E-state index in [0.29, 0.717) is 6.54 Å². The lowest BCUT2D eigenvalue weighted by atomic mass is 10.2. The molecule has 7 heteroatoms. The van der Waals surface area contributed by atoms with Gasteiger partial charge in [-0.2, -0.15) is 5.26 Å². The molecule has 0 amide bonds. The number of aryl methyl sites for hydroxylation is 1. The maximum atomic E-state index is 8.82. The van der Waals surface area contributed by atoms with Gasteiger partial charge in [-0.3, -0.25) is 0 Å². The normalized spacial score (nSPS) is 10.3. The number of nitrogens with one attached hydrogen (secondary N) is 1. The van der Waals surface area contributed by atoms with Crippen LogP contribution in [0.2, 0.25) is 0 Å². The molecule has 0 bridgehead atoms. The minimum absolute atomic E-state index is 0.687. The molecule has 2 heterocycles. The third kappa shape index (κ3) is 2.90. The first-order chi connectivity index (χ1) is 10.3. The molecule has 1 aromatic carbocycles. The number of benzene rings is 1. The van der Waals surface area contributed by atoms with Crippen LogP contribution in [-0.4, -0.2) is 20.2 Å². The molecule has 2 aromatic heterocycles. The van der Waals surface area contributed by atoms with Gasteiger partial charge in [-0.25, -0.2) is 4.68 Å². The second-order valence-corrected chi connectivity index (χ2v) is 5.61. The molecule has 104 valence electrons. The lowest BCUT2D eigenvalue weighted by Gasteiger charge is -2.06. The van der Waals surface area contributed by atoms with E-state index < -0.39 is 0 Å². The van der Waals surface area contributed by atoms with Crippen molar-refractivity contribution in [3.8, 4) is 17.5 Å². The summed E-state index contributed by atoms with van der Waals surface area (Å²) in [7, 11) is 1.81. The lowest BCUT2D eigenvalue weighted by Crippen LogP contribution is -1.99. The van der Waals surface area contributed by atoms with Gasteiger partial charge in [-0.15, -0.1) is 16.4 Å². The zero-order valence-corrected chi connectivity index (χ0v) is 12.1. The average molecular weight is 296 g/mol. The Labute approximate surface area is 125 Å². The number of aromatic nitrogens is 4. The number of nitrogens with zero attached hydrogens (tertiary/aromatic N) is 5. The predicted molar refractivity (Wildman–Crippen MR) is 80.6 cm³/mol. The van der Waals surface area contributed by atoms with Crippen LogP contribution in [0.5, 0.6) is 0 Å². The number of tetrazole rings is 1. The van der Waals surface area contributed by atoms with Crippen LogP contribution >= 0.6 is 11.3 Å². The smallest absolute Gasteiger partial charge is 0.181 e. The van der Waals surface area contributed by atoms with Crippen molar-refractivity contribution in [2.45, 2.75) is 6.54 Å². The average Bonchev–Trinajstić information content (AvgIpc) is 3.14. The molecule has 0 saturated carbocycles. The fourth-order valence-corrected chi connectivity index (χ4v) is 2.71. The Balaban J connectivity index is 1.75. The number of thiophene rings is 1. The minimum Gasteiger partial charge on any atom is -0.380 e. The first-order valence-electron chi connectivity index (χ1n) is 6.32. The lowest BCUT2D eigenvalue weighted by molar-refractivity contribution is 0.714. The third-order valence-electron chi connectivity index (χ3n) is 2.98. The van der Waals surface area contributed by atoms with Crippen LogP contribution in [0.1, 0.15) is 9.75 Å². The molecule has 0 aliphatic heterocycles. The first-order valence-corrected chi connectivity index (χ1v) is 7.13. The van der Waals surface area contributed by atoms with E-state index in [2.05, 4.69) is 26.9 Å². The maximum absolute atomic E-state index is 8.82. The van der Waals surface area contributed by atoms with Gasteiger partial charge in [-0.1, -0.05) is 12.1 Å². The molecule has 0 spiro atoms.